The van der Waals surface area contributed by atoms with Crippen molar-refractivity contribution >= 4 is 23.7 Å². The number of ether oxygens (including phenoxy) is 2. The predicted molar refractivity (Wildman–Crippen MR) is 65.6 cm³/mol. The lowest BCUT2D eigenvalue weighted by Gasteiger charge is -2.02. The molecule has 0 aliphatic rings. The molecule has 0 fully saturated rings. The summed E-state index contributed by atoms with van der Waals surface area (Å²) in [5.74, 6) is -1.87. The minimum atomic E-state index is -0.826. The van der Waals surface area contributed by atoms with Crippen molar-refractivity contribution in [3.05, 3.63) is 22.8 Å². The third kappa shape index (κ3) is 6.01. The van der Waals surface area contributed by atoms with E-state index in [9.17, 15) is 14.7 Å². The Morgan fingerprint density at radius 1 is 1.12 bits per heavy atom. The lowest BCUT2D eigenvalue weighted by atomic mass is 10.4. The normalized spacial score (nSPS) is 12.2. The molecule has 0 rings (SSSR count). The van der Waals surface area contributed by atoms with E-state index in [0.717, 1.165) is 17.8 Å². The Hall–Kier alpha value is -1.43. The predicted octanol–water partition coefficient (Wildman–Crippen LogP) is 1.80. The number of hydrogen-bond donors (Lipinski definition) is 1. The summed E-state index contributed by atoms with van der Waals surface area (Å²) in [5, 5.41) is 9.29. The van der Waals surface area contributed by atoms with Crippen LogP contribution in [0, 0.1) is 0 Å². The maximum atomic E-state index is 11.3. The summed E-state index contributed by atoms with van der Waals surface area (Å²) in [5.41, 5.74) is 0. The molecule has 0 amide bonds. The first kappa shape index (κ1) is 15.6. The minimum Gasteiger partial charge on any atom is -0.502 e. The molecule has 0 spiro atoms. The number of aliphatic hydroxyl groups is 1. The molecule has 0 atom stereocenters. The highest BCUT2D eigenvalue weighted by atomic mass is 32.2. The standard InChI is InChI=1S/C11H16O5S/c1-4-15-10(13)8(12)6-7-9(17-3)11(14)16-5-2/h6-7,12H,4-5H2,1-3H3. The number of rotatable bonds is 6. The Kier molecular flexibility index (Phi) is 7.96. The Morgan fingerprint density at radius 3 is 2.12 bits per heavy atom. The first-order valence-corrected chi connectivity index (χ1v) is 6.28. The molecule has 0 heterocycles. The number of carbonyl (C=O) groups excluding carboxylic acids is 2. The number of allylic oxidation sites excluding steroid dienone is 2. The molecule has 0 saturated heterocycles. The van der Waals surface area contributed by atoms with Crippen LogP contribution in [0.2, 0.25) is 0 Å². The summed E-state index contributed by atoms with van der Waals surface area (Å²) in [6.07, 6.45) is 4.12. The van der Waals surface area contributed by atoms with Crippen molar-refractivity contribution in [2.24, 2.45) is 0 Å². The van der Waals surface area contributed by atoms with Gasteiger partial charge in [-0.05, 0) is 32.3 Å². The Bertz CT molecular complexity index is 333. The van der Waals surface area contributed by atoms with Gasteiger partial charge >= 0.3 is 11.9 Å². The van der Waals surface area contributed by atoms with Gasteiger partial charge in [0.2, 0.25) is 5.76 Å². The first-order valence-electron chi connectivity index (χ1n) is 5.05. The van der Waals surface area contributed by atoms with Gasteiger partial charge in [0.15, 0.2) is 0 Å². The maximum absolute atomic E-state index is 11.3. The van der Waals surface area contributed by atoms with E-state index in [-0.39, 0.29) is 13.2 Å². The fourth-order valence-corrected chi connectivity index (χ4v) is 1.28. The van der Waals surface area contributed by atoms with E-state index in [4.69, 9.17) is 4.74 Å². The fraction of sp³-hybridized carbons (Fsp3) is 0.455. The van der Waals surface area contributed by atoms with Gasteiger partial charge < -0.3 is 14.6 Å². The van der Waals surface area contributed by atoms with Gasteiger partial charge in [0.25, 0.3) is 0 Å². The molecule has 5 nitrogen and oxygen atoms in total. The van der Waals surface area contributed by atoms with Gasteiger partial charge in [-0.1, -0.05) is 0 Å². The van der Waals surface area contributed by atoms with Crippen LogP contribution in [0.4, 0.5) is 0 Å². The Labute approximate surface area is 104 Å². The lowest BCUT2D eigenvalue weighted by Crippen LogP contribution is -2.07. The molecule has 0 saturated carbocycles. The van der Waals surface area contributed by atoms with E-state index in [0.29, 0.717) is 4.91 Å². The molecule has 0 aromatic heterocycles. The maximum Gasteiger partial charge on any atom is 0.373 e. The molecule has 0 aromatic carbocycles. The summed E-state index contributed by atoms with van der Waals surface area (Å²) in [4.78, 5) is 22.7. The number of thioether (sulfide) groups is 1. The van der Waals surface area contributed by atoms with Crippen LogP contribution in [0.15, 0.2) is 22.8 Å². The molecule has 96 valence electrons. The zero-order chi connectivity index (χ0) is 13.3. The highest BCUT2D eigenvalue weighted by Crippen LogP contribution is 2.14. The number of hydrogen-bond acceptors (Lipinski definition) is 6. The van der Waals surface area contributed by atoms with Crippen molar-refractivity contribution in [1.82, 2.24) is 0 Å². The van der Waals surface area contributed by atoms with Crippen LogP contribution in [-0.4, -0.2) is 36.5 Å². The van der Waals surface area contributed by atoms with Gasteiger partial charge in [0, 0.05) is 0 Å². The number of esters is 2. The van der Waals surface area contributed by atoms with Gasteiger partial charge in [-0.2, -0.15) is 0 Å². The summed E-state index contributed by atoms with van der Waals surface area (Å²) >= 11 is 1.16. The topological polar surface area (TPSA) is 72.8 Å². The van der Waals surface area contributed by atoms with Crippen LogP contribution in [0.5, 0.6) is 0 Å². The average Bonchev–Trinajstić information content (AvgIpc) is 2.30. The highest BCUT2D eigenvalue weighted by molar-refractivity contribution is 8.03. The number of aliphatic hydroxyl groups excluding tert-OH is 1. The summed E-state index contributed by atoms with van der Waals surface area (Å²) in [7, 11) is 0. The molecular weight excluding hydrogens is 244 g/mol. The second kappa shape index (κ2) is 8.69. The Morgan fingerprint density at radius 2 is 1.65 bits per heavy atom. The van der Waals surface area contributed by atoms with Crippen molar-refractivity contribution in [3.63, 3.8) is 0 Å². The summed E-state index contributed by atoms with van der Waals surface area (Å²) in [6.45, 7) is 3.77. The van der Waals surface area contributed by atoms with E-state index in [1.165, 1.54) is 6.08 Å². The second-order valence-corrected chi connectivity index (χ2v) is 3.58. The quantitative estimate of drug-likeness (QED) is 0.340. The first-order chi connectivity index (χ1) is 8.06. The van der Waals surface area contributed by atoms with Crippen molar-refractivity contribution < 1.29 is 24.2 Å². The van der Waals surface area contributed by atoms with Crippen molar-refractivity contribution in [1.29, 1.82) is 0 Å². The van der Waals surface area contributed by atoms with Crippen LogP contribution in [0.25, 0.3) is 0 Å². The van der Waals surface area contributed by atoms with E-state index < -0.39 is 17.7 Å². The van der Waals surface area contributed by atoms with Crippen LogP contribution in [0.1, 0.15) is 13.8 Å². The van der Waals surface area contributed by atoms with Crippen LogP contribution in [0.3, 0.4) is 0 Å². The average molecular weight is 260 g/mol. The van der Waals surface area contributed by atoms with Crippen LogP contribution < -0.4 is 0 Å². The van der Waals surface area contributed by atoms with Gasteiger partial charge in [0.1, 0.15) is 0 Å². The monoisotopic (exact) mass is 260 g/mol. The lowest BCUT2D eigenvalue weighted by molar-refractivity contribution is -0.141. The SMILES string of the molecule is CCOC(=O)C(O)=CC=C(SC)C(=O)OCC. The molecular formula is C11H16O5S. The summed E-state index contributed by atoms with van der Waals surface area (Å²) in [6, 6.07) is 0. The molecule has 0 aliphatic carbocycles. The van der Waals surface area contributed by atoms with E-state index in [2.05, 4.69) is 4.74 Å². The Balaban J connectivity index is 4.69. The summed E-state index contributed by atoms with van der Waals surface area (Å²) < 4.78 is 9.35. The molecule has 0 radical (unpaired) electrons. The molecule has 1 N–H and O–H groups in total. The third-order valence-electron chi connectivity index (χ3n) is 1.57. The molecule has 0 bridgehead atoms. The largest absolute Gasteiger partial charge is 0.502 e. The third-order valence-corrected chi connectivity index (χ3v) is 2.32. The van der Waals surface area contributed by atoms with E-state index in [1.807, 2.05) is 0 Å². The van der Waals surface area contributed by atoms with Crippen molar-refractivity contribution in [2.45, 2.75) is 13.8 Å². The van der Waals surface area contributed by atoms with Gasteiger partial charge in [-0.3, -0.25) is 0 Å². The van der Waals surface area contributed by atoms with E-state index in [1.54, 1.807) is 20.1 Å². The molecule has 0 aliphatic heterocycles. The highest BCUT2D eigenvalue weighted by Gasteiger charge is 2.10. The molecule has 17 heavy (non-hydrogen) atoms. The smallest absolute Gasteiger partial charge is 0.373 e. The van der Waals surface area contributed by atoms with Gasteiger partial charge in [0.05, 0.1) is 18.1 Å². The zero-order valence-corrected chi connectivity index (χ0v) is 10.9. The van der Waals surface area contributed by atoms with Crippen LogP contribution >= 0.6 is 11.8 Å². The molecule has 0 aromatic rings. The van der Waals surface area contributed by atoms with Crippen molar-refractivity contribution in [3.8, 4) is 0 Å². The second-order valence-electron chi connectivity index (χ2n) is 2.73. The zero-order valence-electron chi connectivity index (χ0n) is 10.1. The van der Waals surface area contributed by atoms with Crippen molar-refractivity contribution in [2.75, 3.05) is 19.5 Å². The van der Waals surface area contributed by atoms with Crippen LogP contribution in [-0.2, 0) is 19.1 Å². The van der Waals surface area contributed by atoms with E-state index >= 15 is 0 Å². The van der Waals surface area contributed by atoms with Gasteiger partial charge in [-0.15, -0.1) is 11.8 Å². The molecule has 0 unspecified atom stereocenters. The number of carbonyl (C=O) groups is 2. The minimum absolute atomic E-state index is 0.174. The van der Waals surface area contributed by atoms with Gasteiger partial charge in [-0.25, -0.2) is 9.59 Å². The fourth-order valence-electron chi connectivity index (χ4n) is 0.849. The molecule has 6 heteroatoms.